The highest BCUT2D eigenvalue weighted by Gasteiger charge is 2.33. The van der Waals surface area contributed by atoms with Crippen LogP contribution in [-0.2, 0) is 17.4 Å². The van der Waals surface area contributed by atoms with Gasteiger partial charge in [0.1, 0.15) is 0 Å². The van der Waals surface area contributed by atoms with Crippen molar-refractivity contribution in [3.63, 3.8) is 0 Å². The Balaban J connectivity index is 2.61. The van der Waals surface area contributed by atoms with Gasteiger partial charge in [0.05, 0.1) is 12.0 Å². The minimum absolute atomic E-state index is 0.0938. The molecular formula is C11H7F3O2S. The lowest BCUT2D eigenvalue weighted by Gasteiger charge is -2.07. The van der Waals surface area contributed by atoms with Crippen LogP contribution >= 0.6 is 11.3 Å². The third-order valence-electron chi connectivity index (χ3n) is 2.33. The smallest absolute Gasteiger partial charge is 0.417 e. The maximum Gasteiger partial charge on any atom is 0.417 e. The number of carboxylic acids is 1. The Kier molecular flexibility index (Phi) is 2.82. The number of benzene rings is 1. The van der Waals surface area contributed by atoms with Crippen LogP contribution < -0.4 is 0 Å². The van der Waals surface area contributed by atoms with Crippen molar-refractivity contribution in [3.05, 3.63) is 34.7 Å². The number of aliphatic carboxylic acids is 1. The summed E-state index contributed by atoms with van der Waals surface area (Å²) in [5, 5.41) is 10.5. The van der Waals surface area contributed by atoms with Crippen LogP contribution in [0.25, 0.3) is 10.1 Å². The van der Waals surface area contributed by atoms with Crippen LogP contribution in [0.3, 0.4) is 0 Å². The Morgan fingerprint density at radius 3 is 2.65 bits per heavy atom. The molecule has 0 radical (unpaired) electrons. The summed E-state index contributed by atoms with van der Waals surface area (Å²) in [7, 11) is 0. The van der Waals surface area contributed by atoms with E-state index in [0.717, 1.165) is 17.4 Å². The van der Waals surface area contributed by atoms with Gasteiger partial charge in [-0.3, -0.25) is 4.79 Å². The van der Waals surface area contributed by atoms with E-state index in [-0.39, 0.29) is 11.1 Å². The van der Waals surface area contributed by atoms with E-state index in [0.29, 0.717) is 10.9 Å². The Hall–Kier alpha value is -1.56. The molecule has 0 aliphatic carbocycles. The zero-order valence-electron chi connectivity index (χ0n) is 8.41. The SMILES string of the molecule is O=C(O)Cc1csc2c(C(F)(F)F)cccc12. The first-order chi connectivity index (χ1) is 7.89. The van der Waals surface area contributed by atoms with Crippen LogP contribution in [0.5, 0.6) is 0 Å². The fourth-order valence-electron chi connectivity index (χ4n) is 1.63. The molecule has 1 aromatic heterocycles. The van der Waals surface area contributed by atoms with Gasteiger partial charge in [0.15, 0.2) is 0 Å². The molecule has 6 heteroatoms. The van der Waals surface area contributed by atoms with Crippen molar-refractivity contribution in [2.24, 2.45) is 0 Å². The Labute approximate surface area is 98.3 Å². The summed E-state index contributed by atoms with van der Waals surface area (Å²) in [4.78, 5) is 10.6. The number of carboxylic acid groups (broad SMARTS) is 1. The van der Waals surface area contributed by atoms with E-state index in [1.165, 1.54) is 17.5 Å². The zero-order chi connectivity index (χ0) is 12.6. The number of hydrogen-bond donors (Lipinski definition) is 1. The van der Waals surface area contributed by atoms with Crippen LogP contribution in [0.1, 0.15) is 11.1 Å². The highest BCUT2D eigenvalue weighted by atomic mass is 32.1. The molecule has 90 valence electrons. The van der Waals surface area contributed by atoms with Gasteiger partial charge in [0.2, 0.25) is 0 Å². The van der Waals surface area contributed by atoms with E-state index in [4.69, 9.17) is 5.11 Å². The zero-order valence-corrected chi connectivity index (χ0v) is 9.23. The fourth-order valence-corrected chi connectivity index (χ4v) is 2.74. The summed E-state index contributed by atoms with van der Waals surface area (Å²) in [5.74, 6) is -1.05. The van der Waals surface area contributed by atoms with E-state index < -0.39 is 17.7 Å². The highest BCUT2D eigenvalue weighted by molar-refractivity contribution is 7.17. The van der Waals surface area contributed by atoms with Crippen molar-refractivity contribution in [1.29, 1.82) is 0 Å². The second-order valence-corrected chi connectivity index (χ2v) is 4.39. The number of halogens is 3. The Morgan fingerprint density at radius 1 is 1.35 bits per heavy atom. The summed E-state index contributed by atoms with van der Waals surface area (Å²) in [6.45, 7) is 0. The van der Waals surface area contributed by atoms with E-state index in [1.54, 1.807) is 0 Å². The molecule has 1 heterocycles. The lowest BCUT2D eigenvalue weighted by Crippen LogP contribution is -2.04. The van der Waals surface area contributed by atoms with Crippen molar-refractivity contribution in [3.8, 4) is 0 Å². The molecule has 2 nitrogen and oxygen atoms in total. The molecule has 0 aliphatic heterocycles. The topological polar surface area (TPSA) is 37.3 Å². The number of rotatable bonds is 2. The van der Waals surface area contributed by atoms with Gasteiger partial charge >= 0.3 is 12.1 Å². The maximum absolute atomic E-state index is 12.7. The minimum atomic E-state index is -4.41. The third-order valence-corrected chi connectivity index (χ3v) is 3.40. The Morgan fingerprint density at radius 2 is 2.06 bits per heavy atom. The molecular weight excluding hydrogens is 253 g/mol. The lowest BCUT2D eigenvalue weighted by atomic mass is 10.1. The van der Waals surface area contributed by atoms with Crippen molar-refractivity contribution >= 4 is 27.4 Å². The van der Waals surface area contributed by atoms with Crippen molar-refractivity contribution < 1.29 is 23.1 Å². The van der Waals surface area contributed by atoms with E-state index in [1.807, 2.05) is 0 Å². The fraction of sp³-hybridized carbons (Fsp3) is 0.182. The molecule has 0 fully saturated rings. The molecule has 0 atom stereocenters. The molecule has 0 saturated heterocycles. The van der Waals surface area contributed by atoms with Gasteiger partial charge in [0, 0.05) is 4.70 Å². The summed E-state index contributed by atoms with van der Waals surface area (Å²) in [5.41, 5.74) is -0.291. The molecule has 2 rings (SSSR count). The van der Waals surface area contributed by atoms with Gasteiger partial charge in [-0.1, -0.05) is 12.1 Å². The number of carbonyl (C=O) groups is 1. The highest BCUT2D eigenvalue weighted by Crippen LogP contribution is 2.38. The van der Waals surface area contributed by atoms with Gasteiger partial charge in [-0.25, -0.2) is 0 Å². The van der Waals surface area contributed by atoms with Gasteiger partial charge in [0.25, 0.3) is 0 Å². The largest absolute Gasteiger partial charge is 0.481 e. The summed E-state index contributed by atoms with van der Waals surface area (Å²) >= 11 is 0.926. The summed E-state index contributed by atoms with van der Waals surface area (Å²) in [6, 6.07) is 3.81. The molecule has 17 heavy (non-hydrogen) atoms. The second kappa shape index (κ2) is 4.03. The van der Waals surface area contributed by atoms with E-state index >= 15 is 0 Å². The van der Waals surface area contributed by atoms with Crippen molar-refractivity contribution in [2.45, 2.75) is 12.6 Å². The van der Waals surface area contributed by atoms with Crippen molar-refractivity contribution in [2.75, 3.05) is 0 Å². The van der Waals surface area contributed by atoms with Gasteiger partial charge in [-0.05, 0) is 22.4 Å². The second-order valence-electron chi connectivity index (χ2n) is 3.51. The van der Waals surface area contributed by atoms with Gasteiger partial charge in [-0.15, -0.1) is 11.3 Å². The maximum atomic E-state index is 12.7. The molecule has 0 saturated carbocycles. The normalized spacial score (nSPS) is 11.9. The predicted molar refractivity (Wildman–Crippen MR) is 58.2 cm³/mol. The molecule has 0 unspecified atom stereocenters. The first-order valence-corrected chi connectivity index (χ1v) is 5.55. The summed E-state index contributed by atoms with van der Waals surface area (Å²) < 4.78 is 38.1. The third kappa shape index (κ3) is 2.26. The van der Waals surface area contributed by atoms with Crippen molar-refractivity contribution in [1.82, 2.24) is 0 Å². The lowest BCUT2D eigenvalue weighted by molar-refractivity contribution is -0.137. The molecule has 1 N–H and O–H groups in total. The average molecular weight is 260 g/mol. The minimum Gasteiger partial charge on any atom is -0.481 e. The number of alkyl halides is 3. The van der Waals surface area contributed by atoms with E-state index in [9.17, 15) is 18.0 Å². The molecule has 0 bridgehead atoms. The van der Waals surface area contributed by atoms with Gasteiger partial charge in [-0.2, -0.15) is 13.2 Å². The molecule has 0 amide bonds. The number of fused-ring (bicyclic) bond motifs is 1. The van der Waals surface area contributed by atoms with Crippen LogP contribution in [-0.4, -0.2) is 11.1 Å². The number of hydrogen-bond acceptors (Lipinski definition) is 2. The molecule has 1 aromatic carbocycles. The first kappa shape index (κ1) is 11.9. The van der Waals surface area contributed by atoms with Crippen LogP contribution in [0.4, 0.5) is 13.2 Å². The summed E-state index contributed by atoms with van der Waals surface area (Å²) in [6.07, 6.45) is -4.67. The molecule has 0 aliphatic rings. The standard InChI is InChI=1S/C11H7F3O2S/c12-11(13,14)8-3-1-2-7-6(4-9(15)16)5-17-10(7)8/h1-3,5H,4H2,(H,15,16). The monoisotopic (exact) mass is 260 g/mol. The first-order valence-electron chi connectivity index (χ1n) is 4.67. The van der Waals surface area contributed by atoms with Gasteiger partial charge < -0.3 is 5.11 Å². The molecule has 2 aromatic rings. The van der Waals surface area contributed by atoms with E-state index in [2.05, 4.69) is 0 Å². The Bertz CT molecular complexity index is 572. The quantitative estimate of drug-likeness (QED) is 0.896. The van der Waals surface area contributed by atoms with Crippen LogP contribution in [0.2, 0.25) is 0 Å². The predicted octanol–water partition coefficient (Wildman–Crippen LogP) is 3.55. The average Bonchev–Trinajstić information content (AvgIpc) is 2.59. The molecule has 0 spiro atoms. The number of thiophene rings is 1. The van der Waals surface area contributed by atoms with Crippen LogP contribution in [0, 0.1) is 0 Å². The van der Waals surface area contributed by atoms with Crippen LogP contribution in [0.15, 0.2) is 23.6 Å².